The molecule has 1 N–H and O–H groups in total. The van der Waals surface area contributed by atoms with Gasteiger partial charge in [-0.25, -0.2) is 0 Å². The first-order valence-electron chi connectivity index (χ1n) is 7.77. The molecule has 144 valence electrons. The number of hydrogen-bond donors (Lipinski definition) is 1. The van der Waals surface area contributed by atoms with Gasteiger partial charge in [-0.1, -0.05) is 29.8 Å². The minimum atomic E-state index is -4.48. The molecule has 0 aliphatic heterocycles. The molecule has 0 bridgehead atoms. The predicted molar refractivity (Wildman–Crippen MR) is 106 cm³/mol. The van der Waals surface area contributed by atoms with Gasteiger partial charge in [0.2, 0.25) is 0 Å². The third-order valence-corrected chi connectivity index (χ3v) is 3.72. The van der Waals surface area contributed by atoms with Crippen LogP contribution in [-0.2, 0) is 26.3 Å². The number of aliphatic imine (C=N–C) groups is 1. The molecule has 2 aromatic rings. The van der Waals surface area contributed by atoms with E-state index in [1.54, 1.807) is 7.05 Å². The molecule has 2 rings (SSSR count). The second-order valence-corrected chi connectivity index (χ2v) is 5.92. The molecule has 0 saturated heterocycles. The summed E-state index contributed by atoms with van der Waals surface area (Å²) < 4.78 is 40.2. The Hall–Kier alpha value is -1.78. The Morgan fingerprint density at radius 1 is 1.27 bits per heavy atom. The molecule has 0 aliphatic rings. The molecule has 0 radical (unpaired) electrons. The molecule has 0 atom stereocenters. The highest BCUT2D eigenvalue weighted by Crippen LogP contribution is 2.30. The van der Waals surface area contributed by atoms with Gasteiger partial charge in [-0.15, -0.1) is 24.0 Å². The van der Waals surface area contributed by atoms with Crippen LogP contribution in [0.1, 0.15) is 22.4 Å². The van der Waals surface area contributed by atoms with Crippen LogP contribution < -0.4 is 5.32 Å². The van der Waals surface area contributed by atoms with E-state index in [1.165, 1.54) is 23.5 Å². The lowest BCUT2D eigenvalue weighted by atomic mass is 10.1. The van der Waals surface area contributed by atoms with Crippen molar-refractivity contribution in [2.45, 2.75) is 26.2 Å². The largest absolute Gasteiger partial charge is 0.435 e. The van der Waals surface area contributed by atoms with Crippen LogP contribution in [0, 0.1) is 6.92 Å². The molecular weight excluding hydrogens is 458 g/mol. The van der Waals surface area contributed by atoms with Crippen LogP contribution in [0.4, 0.5) is 13.2 Å². The van der Waals surface area contributed by atoms with E-state index in [-0.39, 0.29) is 36.1 Å². The molecule has 1 heterocycles. The zero-order valence-electron chi connectivity index (χ0n) is 15.1. The van der Waals surface area contributed by atoms with E-state index >= 15 is 0 Å². The van der Waals surface area contributed by atoms with Crippen LogP contribution in [-0.4, -0.2) is 34.7 Å². The van der Waals surface area contributed by atoms with Crippen molar-refractivity contribution in [2.75, 3.05) is 14.1 Å². The van der Waals surface area contributed by atoms with E-state index in [1.807, 2.05) is 43.1 Å². The molecule has 9 heteroatoms. The quantitative estimate of drug-likeness (QED) is 0.413. The molecule has 0 amide bonds. The smallest absolute Gasteiger partial charge is 0.352 e. The highest BCUT2D eigenvalue weighted by atomic mass is 127. The first-order valence-corrected chi connectivity index (χ1v) is 7.77. The van der Waals surface area contributed by atoms with Crippen LogP contribution in [0.15, 0.2) is 35.5 Å². The summed E-state index contributed by atoms with van der Waals surface area (Å²) in [6, 6.07) is 8.07. The molecule has 1 aromatic carbocycles. The van der Waals surface area contributed by atoms with Gasteiger partial charge in [0.25, 0.3) is 0 Å². The maximum absolute atomic E-state index is 13.0. The number of guanidine groups is 1. The number of alkyl halides is 3. The molecule has 0 unspecified atom stereocenters. The molecule has 0 saturated carbocycles. The van der Waals surface area contributed by atoms with E-state index in [9.17, 15) is 13.2 Å². The predicted octanol–water partition coefficient (Wildman–Crippen LogP) is 3.57. The topological polar surface area (TPSA) is 45.5 Å². The van der Waals surface area contributed by atoms with Crippen LogP contribution in [0.25, 0.3) is 0 Å². The van der Waals surface area contributed by atoms with Gasteiger partial charge in [-0.2, -0.15) is 18.3 Å². The Labute approximate surface area is 168 Å². The SMILES string of the molecule is CN=C(NCc1cn(C)nc1C(F)(F)F)N(C)Cc1ccc(C)cc1.I. The maximum Gasteiger partial charge on any atom is 0.435 e. The molecule has 0 fully saturated rings. The Morgan fingerprint density at radius 2 is 1.88 bits per heavy atom. The minimum Gasteiger partial charge on any atom is -0.352 e. The van der Waals surface area contributed by atoms with E-state index in [0.717, 1.165) is 5.56 Å². The molecule has 26 heavy (non-hydrogen) atoms. The lowest BCUT2D eigenvalue weighted by Crippen LogP contribution is -2.38. The number of aromatic nitrogens is 2. The summed E-state index contributed by atoms with van der Waals surface area (Å²) in [5.41, 5.74) is 1.47. The number of hydrogen-bond acceptors (Lipinski definition) is 2. The summed E-state index contributed by atoms with van der Waals surface area (Å²) in [6.07, 6.45) is -3.11. The van der Waals surface area contributed by atoms with E-state index in [4.69, 9.17) is 0 Å². The lowest BCUT2D eigenvalue weighted by molar-refractivity contribution is -0.142. The Kier molecular flexibility index (Phi) is 7.91. The van der Waals surface area contributed by atoms with Gasteiger partial charge in [0.1, 0.15) is 0 Å². The summed E-state index contributed by atoms with van der Waals surface area (Å²) in [4.78, 5) is 5.99. The number of rotatable bonds is 4. The number of halogens is 4. The van der Waals surface area contributed by atoms with Crippen LogP contribution in [0.5, 0.6) is 0 Å². The Balaban J connectivity index is 0.00000338. The monoisotopic (exact) mass is 481 g/mol. The fraction of sp³-hybridized carbons (Fsp3) is 0.412. The summed E-state index contributed by atoms with van der Waals surface area (Å²) in [7, 11) is 4.90. The fourth-order valence-electron chi connectivity index (χ4n) is 2.51. The highest BCUT2D eigenvalue weighted by Gasteiger charge is 2.36. The Morgan fingerprint density at radius 3 is 2.42 bits per heavy atom. The van der Waals surface area contributed by atoms with Gasteiger partial charge in [-0.05, 0) is 12.5 Å². The molecular formula is C17H23F3IN5. The third-order valence-electron chi connectivity index (χ3n) is 3.72. The fourth-order valence-corrected chi connectivity index (χ4v) is 2.51. The maximum atomic E-state index is 13.0. The average Bonchev–Trinajstić information content (AvgIpc) is 2.91. The van der Waals surface area contributed by atoms with Gasteiger partial charge < -0.3 is 10.2 Å². The zero-order valence-corrected chi connectivity index (χ0v) is 17.5. The van der Waals surface area contributed by atoms with Gasteiger partial charge in [0, 0.05) is 46.0 Å². The van der Waals surface area contributed by atoms with Gasteiger partial charge in [0.05, 0.1) is 0 Å². The third kappa shape index (κ3) is 5.89. The standard InChI is InChI=1S/C17H22F3N5.HI/c1-12-5-7-13(8-6-12)10-24(3)16(21-2)22-9-14-11-25(4)23-15(14)17(18,19)20;/h5-8,11H,9-10H2,1-4H3,(H,21,22);1H. The van der Waals surface area contributed by atoms with Crippen molar-refractivity contribution in [2.24, 2.45) is 12.0 Å². The number of aryl methyl sites for hydroxylation is 2. The van der Waals surface area contributed by atoms with Crippen LogP contribution in [0.2, 0.25) is 0 Å². The normalized spacial score (nSPS) is 11.9. The molecule has 1 aromatic heterocycles. The van der Waals surface area contributed by atoms with E-state index in [0.29, 0.717) is 12.5 Å². The van der Waals surface area contributed by atoms with Crippen LogP contribution in [0.3, 0.4) is 0 Å². The van der Waals surface area contributed by atoms with Crippen molar-refractivity contribution >= 4 is 29.9 Å². The van der Waals surface area contributed by atoms with Gasteiger partial charge in [0.15, 0.2) is 11.7 Å². The average molecular weight is 481 g/mol. The molecule has 0 spiro atoms. The van der Waals surface area contributed by atoms with Crippen molar-refractivity contribution in [1.29, 1.82) is 0 Å². The Bertz CT molecular complexity index is 738. The summed E-state index contributed by atoms with van der Waals surface area (Å²) in [5.74, 6) is 0.512. The first-order chi connectivity index (χ1) is 11.7. The van der Waals surface area contributed by atoms with Crippen molar-refractivity contribution in [1.82, 2.24) is 20.0 Å². The lowest BCUT2D eigenvalue weighted by Gasteiger charge is -2.22. The number of benzene rings is 1. The second-order valence-electron chi connectivity index (χ2n) is 5.92. The van der Waals surface area contributed by atoms with Crippen LogP contribution >= 0.6 is 24.0 Å². The zero-order chi connectivity index (χ0) is 18.6. The second kappa shape index (κ2) is 9.24. The van der Waals surface area contributed by atoms with Crippen molar-refractivity contribution < 1.29 is 13.2 Å². The molecule has 5 nitrogen and oxygen atoms in total. The molecule has 0 aliphatic carbocycles. The summed E-state index contributed by atoms with van der Waals surface area (Å²) in [6.45, 7) is 2.60. The van der Waals surface area contributed by atoms with Crippen molar-refractivity contribution in [3.8, 4) is 0 Å². The first kappa shape index (κ1) is 22.3. The summed E-state index contributed by atoms with van der Waals surface area (Å²) in [5, 5.41) is 6.47. The van der Waals surface area contributed by atoms with Gasteiger partial charge in [-0.3, -0.25) is 9.67 Å². The summed E-state index contributed by atoms with van der Waals surface area (Å²) >= 11 is 0. The number of nitrogens with zero attached hydrogens (tertiary/aromatic N) is 4. The highest BCUT2D eigenvalue weighted by molar-refractivity contribution is 14.0. The van der Waals surface area contributed by atoms with E-state index in [2.05, 4.69) is 15.4 Å². The van der Waals surface area contributed by atoms with Crippen molar-refractivity contribution in [3.05, 3.63) is 52.8 Å². The number of nitrogens with one attached hydrogen (secondary N) is 1. The van der Waals surface area contributed by atoms with Gasteiger partial charge >= 0.3 is 6.18 Å². The van der Waals surface area contributed by atoms with E-state index < -0.39 is 11.9 Å². The van der Waals surface area contributed by atoms with Crippen molar-refractivity contribution in [3.63, 3.8) is 0 Å². The minimum absolute atomic E-state index is 0.